The number of hydrogen-bond acceptors (Lipinski definition) is 4. The highest BCUT2D eigenvalue weighted by atomic mass is 32.2. The fourth-order valence-corrected chi connectivity index (χ4v) is 6.08. The van der Waals surface area contributed by atoms with Crippen molar-refractivity contribution in [2.75, 3.05) is 6.54 Å². The van der Waals surface area contributed by atoms with Crippen LogP contribution < -0.4 is 5.14 Å². The molecule has 162 valence electrons. The van der Waals surface area contributed by atoms with E-state index in [1.807, 2.05) is 29.2 Å². The van der Waals surface area contributed by atoms with E-state index < -0.39 is 10.0 Å². The quantitative estimate of drug-likeness (QED) is 0.641. The lowest BCUT2D eigenvalue weighted by molar-refractivity contribution is -0.0263. The number of H-pyrrole nitrogens is 1. The van der Waals surface area contributed by atoms with E-state index in [1.54, 1.807) is 18.5 Å². The number of fused-ring (bicyclic) bond motifs is 5. The molecule has 2 unspecified atom stereocenters. The van der Waals surface area contributed by atoms with E-state index in [0.717, 1.165) is 28.6 Å². The van der Waals surface area contributed by atoms with E-state index in [-0.39, 0.29) is 27.7 Å². The number of aromatic amines is 1. The Balaban J connectivity index is 1.57. The number of imidazole rings is 1. The van der Waals surface area contributed by atoms with Crippen LogP contribution >= 0.6 is 0 Å². The van der Waals surface area contributed by atoms with E-state index in [4.69, 9.17) is 5.14 Å². The molecule has 31 heavy (non-hydrogen) atoms. The molecule has 1 fully saturated rings. The fourth-order valence-electron chi connectivity index (χ4n) is 5.54. The molecular weight excluding hydrogens is 412 g/mol. The molecule has 2 heterocycles. The van der Waals surface area contributed by atoms with Crippen molar-refractivity contribution in [2.45, 2.75) is 50.0 Å². The number of aromatic nitrogens is 2. The topological polar surface area (TPSA) is 109 Å². The molecule has 3 N–H and O–H groups in total. The molecule has 1 aromatic heterocycles. The Morgan fingerprint density at radius 3 is 2.71 bits per heavy atom. The zero-order valence-electron chi connectivity index (χ0n) is 17.8. The highest BCUT2D eigenvalue weighted by Gasteiger charge is 2.57. The molecule has 1 saturated heterocycles. The Hall–Kier alpha value is -2.71. The van der Waals surface area contributed by atoms with Gasteiger partial charge in [0.05, 0.1) is 22.3 Å². The van der Waals surface area contributed by atoms with Gasteiger partial charge in [-0.3, -0.25) is 4.79 Å². The number of rotatable bonds is 2. The molecule has 1 aliphatic heterocycles. The Morgan fingerprint density at radius 1 is 1.19 bits per heavy atom. The predicted octanol–water partition coefficient (Wildman–Crippen LogP) is 2.97. The minimum Gasteiger partial charge on any atom is -0.345 e. The maximum absolute atomic E-state index is 13.6. The number of hydrogen-bond donors (Lipinski definition) is 2. The highest BCUT2D eigenvalue weighted by molar-refractivity contribution is 7.89. The van der Waals surface area contributed by atoms with Crippen molar-refractivity contribution in [3.63, 3.8) is 0 Å². The number of sulfonamides is 1. The van der Waals surface area contributed by atoms with Crippen molar-refractivity contribution >= 4 is 27.0 Å². The van der Waals surface area contributed by atoms with Crippen molar-refractivity contribution in [1.29, 1.82) is 0 Å². The lowest BCUT2D eigenvalue weighted by Gasteiger charge is -2.60. The smallest absolute Gasteiger partial charge is 0.254 e. The van der Waals surface area contributed by atoms with Crippen LogP contribution in [0, 0.1) is 5.41 Å². The Kier molecular flexibility index (Phi) is 4.17. The van der Waals surface area contributed by atoms with Crippen molar-refractivity contribution in [3.05, 3.63) is 59.4 Å². The molecule has 5 rings (SSSR count). The first-order chi connectivity index (χ1) is 14.5. The maximum atomic E-state index is 13.6. The van der Waals surface area contributed by atoms with Gasteiger partial charge in [-0.05, 0) is 59.7 Å². The normalized spacial score (nSPS) is 24.8. The van der Waals surface area contributed by atoms with Crippen LogP contribution in [0.15, 0.2) is 47.6 Å². The maximum Gasteiger partial charge on any atom is 0.254 e. The SMILES string of the molecule is CC12CCN(C(=O)c3ccc4nc[nH]c4c3)C(Cc3ccc(S(N)(=O)=O)cc31)C2(C)C. The average Bonchev–Trinajstić information content (AvgIpc) is 3.17. The lowest BCUT2D eigenvalue weighted by atomic mass is 9.51. The molecule has 2 aromatic carbocycles. The van der Waals surface area contributed by atoms with Gasteiger partial charge >= 0.3 is 0 Å². The summed E-state index contributed by atoms with van der Waals surface area (Å²) in [5.74, 6) is 0.0150. The zero-order valence-corrected chi connectivity index (χ0v) is 18.7. The number of piperidine rings is 1. The van der Waals surface area contributed by atoms with Gasteiger partial charge in [-0.25, -0.2) is 18.5 Å². The summed E-state index contributed by atoms with van der Waals surface area (Å²) in [4.78, 5) is 23.0. The zero-order chi connectivity index (χ0) is 22.2. The van der Waals surface area contributed by atoms with E-state index >= 15 is 0 Å². The molecule has 0 saturated carbocycles. The summed E-state index contributed by atoms with van der Waals surface area (Å²) in [5, 5.41) is 5.40. The predicted molar refractivity (Wildman–Crippen MR) is 118 cm³/mol. The van der Waals surface area contributed by atoms with E-state index in [0.29, 0.717) is 18.5 Å². The fraction of sp³-hybridized carbons (Fsp3) is 0.391. The standard InChI is InChI=1S/C23H26N4O3S/c1-22(2)20-11-14-4-6-16(31(24,29)30)12-17(14)23(22,3)8-9-27(20)21(28)15-5-7-18-19(10-15)26-13-25-18/h4-7,10,12-13,20H,8-9,11H2,1-3H3,(H,25,26)(H2,24,29,30). The number of nitrogens with zero attached hydrogens (tertiary/aromatic N) is 2. The number of carbonyl (C=O) groups excluding carboxylic acids is 1. The summed E-state index contributed by atoms with van der Waals surface area (Å²) in [6, 6.07) is 10.7. The number of nitrogens with one attached hydrogen (secondary N) is 1. The van der Waals surface area contributed by atoms with E-state index in [9.17, 15) is 13.2 Å². The lowest BCUT2D eigenvalue weighted by Crippen LogP contribution is -2.64. The van der Waals surface area contributed by atoms with Crippen LogP contribution in [0.1, 0.15) is 48.7 Å². The van der Waals surface area contributed by atoms with Crippen LogP contribution in [0.4, 0.5) is 0 Å². The van der Waals surface area contributed by atoms with Crippen molar-refractivity contribution in [1.82, 2.24) is 14.9 Å². The highest BCUT2D eigenvalue weighted by Crippen LogP contribution is 2.56. The van der Waals surface area contributed by atoms with Crippen molar-refractivity contribution in [3.8, 4) is 0 Å². The van der Waals surface area contributed by atoms with Crippen LogP contribution in [0.2, 0.25) is 0 Å². The number of nitrogens with two attached hydrogens (primary N) is 1. The Morgan fingerprint density at radius 2 is 1.97 bits per heavy atom. The molecule has 1 aliphatic carbocycles. The first kappa shape index (κ1) is 20.2. The first-order valence-corrected chi connectivity index (χ1v) is 12.0. The third-order valence-corrected chi connectivity index (χ3v) is 8.74. The van der Waals surface area contributed by atoms with Gasteiger partial charge < -0.3 is 9.88 Å². The minimum absolute atomic E-state index is 0.00375. The van der Waals surface area contributed by atoms with Crippen LogP contribution in [-0.2, 0) is 21.9 Å². The molecule has 0 spiro atoms. The van der Waals surface area contributed by atoms with E-state index in [1.165, 1.54) is 0 Å². The summed E-state index contributed by atoms with van der Waals surface area (Å²) in [7, 11) is -3.77. The van der Waals surface area contributed by atoms with Gasteiger partial charge in [0.25, 0.3) is 5.91 Å². The third kappa shape index (κ3) is 2.85. The molecule has 2 bridgehead atoms. The van der Waals surface area contributed by atoms with Gasteiger partial charge in [0.1, 0.15) is 0 Å². The van der Waals surface area contributed by atoms with Gasteiger partial charge in [-0.2, -0.15) is 0 Å². The van der Waals surface area contributed by atoms with Gasteiger partial charge in [0, 0.05) is 23.6 Å². The third-order valence-electron chi connectivity index (χ3n) is 7.83. The van der Waals surface area contributed by atoms with Gasteiger partial charge in [0.15, 0.2) is 0 Å². The largest absolute Gasteiger partial charge is 0.345 e. The Labute approximate surface area is 181 Å². The summed E-state index contributed by atoms with van der Waals surface area (Å²) >= 11 is 0. The van der Waals surface area contributed by atoms with Crippen LogP contribution in [0.3, 0.4) is 0 Å². The van der Waals surface area contributed by atoms with Crippen molar-refractivity contribution < 1.29 is 13.2 Å². The molecule has 2 aliphatic rings. The number of amides is 1. The molecule has 0 radical (unpaired) electrons. The van der Waals surface area contributed by atoms with Crippen LogP contribution in [0.5, 0.6) is 0 Å². The minimum atomic E-state index is -3.77. The summed E-state index contributed by atoms with van der Waals surface area (Å²) in [6.07, 6.45) is 3.05. The molecule has 8 heteroatoms. The number of carbonyl (C=O) groups is 1. The summed E-state index contributed by atoms with van der Waals surface area (Å²) in [6.45, 7) is 7.16. The Bertz CT molecular complexity index is 1330. The average molecular weight is 439 g/mol. The molecule has 3 aromatic rings. The molecular formula is C23H26N4O3S. The first-order valence-electron chi connectivity index (χ1n) is 10.4. The second-order valence-corrected chi connectivity index (χ2v) is 11.1. The summed E-state index contributed by atoms with van der Waals surface area (Å²) < 4.78 is 23.9. The molecule has 2 atom stereocenters. The summed E-state index contributed by atoms with van der Waals surface area (Å²) in [5.41, 5.74) is 3.93. The number of benzene rings is 2. The number of primary sulfonamides is 1. The van der Waals surface area contributed by atoms with Gasteiger partial charge in [-0.15, -0.1) is 0 Å². The second-order valence-electron chi connectivity index (χ2n) is 9.52. The monoisotopic (exact) mass is 438 g/mol. The van der Waals surface area contributed by atoms with E-state index in [2.05, 4.69) is 30.7 Å². The van der Waals surface area contributed by atoms with Gasteiger partial charge in [-0.1, -0.05) is 26.8 Å². The molecule has 1 amide bonds. The van der Waals surface area contributed by atoms with Crippen molar-refractivity contribution in [2.24, 2.45) is 10.6 Å². The second kappa shape index (κ2) is 6.40. The van der Waals surface area contributed by atoms with Crippen LogP contribution in [0.25, 0.3) is 11.0 Å². The molecule has 7 nitrogen and oxygen atoms in total. The van der Waals surface area contributed by atoms with Gasteiger partial charge in [0.2, 0.25) is 10.0 Å². The van der Waals surface area contributed by atoms with Crippen LogP contribution in [-0.4, -0.2) is 41.8 Å². The number of likely N-dealkylation sites (tertiary alicyclic amines) is 1.